The monoisotopic (exact) mass is 292 g/mol. The first kappa shape index (κ1) is 12.7. The zero-order chi connectivity index (χ0) is 15.1. The molecule has 2 heterocycles. The Labute approximate surface area is 125 Å². The highest BCUT2D eigenvalue weighted by molar-refractivity contribution is 5.83. The van der Waals surface area contributed by atoms with E-state index in [-0.39, 0.29) is 5.43 Å². The number of rotatable bonds is 2. The second-order valence-electron chi connectivity index (χ2n) is 4.99. The van der Waals surface area contributed by atoms with Gasteiger partial charge < -0.3 is 13.6 Å². The van der Waals surface area contributed by atoms with Crippen LogP contribution in [-0.2, 0) is 0 Å². The van der Waals surface area contributed by atoms with E-state index in [0.29, 0.717) is 28.2 Å². The molecular weight excluding hydrogens is 280 g/mol. The summed E-state index contributed by atoms with van der Waals surface area (Å²) >= 11 is 0. The summed E-state index contributed by atoms with van der Waals surface area (Å²) in [6, 6.07) is 16.1. The van der Waals surface area contributed by atoms with Gasteiger partial charge in [0.05, 0.1) is 12.5 Å². The van der Waals surface area contributed by atoms with Gasteiger partial charge in [-0.2, -0.15) is 0 Å². The number of benzene rings is 2. The van der Waals surface area contributed by atoms with Crippen molar-refractivity contribution in [2.24, 2.45) is 0 Å². The van der Waals surface area contributed by atoms with Gasteiger partial charge in [-0.1, -0.05) is 18.2 Å². The maximum absolute atomic E-state index is 12.2. The first-order valence-corrected chi connectivity index (χ1v) is 6.85. The molecule has 0 N–H and O–H groups in total. The second kappa shape index (κ2) is 4.77. The maximum Gasteiger partial charge on any atom is 0.193 e. The third-order valence-electron chi connectivity index (χ3n) is 3.60. The Morgan fingerprint density at radius 2 is 1.64 bits per heavy atom. The summed E-state index contributed by atoms with van der Waals surface area (Å²) in [6.45, 7) is 0. The fourth-order valence-corrected chi connectivity index (χ4v) is 2.49. The van der Waals surface area contributed by atoms with E-state index >= 15 is 0 Å². The van der Waals surface area contributed by atoms with Crippen LogP contribution >= 0.6 is 0 Å². The zero-order valence-electron chi connectivity index (χ0n) is 11.8. The smallest absolute Gasteiger partial charge is 0.193 e. The van der Waals surface area contributed by atoms with E-state index in [1.807, 2.05) is 30.3 Å². The van der Waals surface area contributed by atoms with Gasteiger partial charge in [-0.05, 0) is 24.3 Å². The van der Waals surface area contributed by atoms with Crippen molar-refractivity contribution >= 4 is 21.9 Å². The molecule has 2 aromatic carbocycles. The van der Waals surface area contributed by atoms with Gasteiger partial charge in [0, 0.05) is 17.5 Å². The van der Waals surface area contributed by atoms with Gasteiger partial charge in [0.25, 0.3) is 0 Å². The number of methoxy groups -OCH3 is 1. The Morgan fingerprint density at radius 1 is 0.864 bits per heavy atom. The Balaban J connectivity index is 1.96. The SMILES string of the molecule is COc1ccc2c(=O)cc(-c3cc4ccccc4o3)oc2c1. The largest absolute Gasteiger partial charge is 0.497 e. The third kappa shape index (κ3) is 1.97. The van der Waals surface area contributed by atoms with E-state index in [4.69, 9.17) is 13.6 Å². The van der Waals surface area contributed by atoms with Crippen molar-refractivity contribution in [1.82, 2.24) is 0 Å². The van der Waals surface area contributed by atoms with E-state index in [1.54, 1.807) is 25.3 Å². The van der Waals surface area contributed by atoms with Crippen LogP contribution in [0.1, 0.15) is 0 Å². The Hall–Kier alpha value is -3.01. The number of hydrogen-bond donors (Lipinski definition) is 0. The molecule has 22 heavy (non-hydrogen) atoms. The minimum atomic E-state index is -0.112. The number of hydrogen-bond acceptors (Lipinski definition) is 4. The van der Waals surface area contributed by atoms with Crippen LogP contribution < -0.4 is 10.2 Å². The molecule has 4 aromatic rings. The molecule has 0 bridgehead atoms. The predicted molar refractivity (Wildman–Crippen MR) is 84.2 cm³/mol. The summed E-state index contributed by atoms with van der Waals surface area (Å²) in [7, 11) is 1.57. The van der Waals surface area contributed by atoms with Gasteiger partial charge >= 0.3 is 0 Å². The molecule has 0 aliphatic heterocycles. The molecule has 4 rings (SSSR count). The van der Waals surface area contributed by atoms with E-state index < -0.39 is 0 Å². The van der Waals surface area contributed by atoms with Crippen molar-refractivity contribution in [3.05, 3.63) is 64.8 Å². The molecule has 0 saturated carbocycles. The summed E-state index contributed by atoms with van der Waals surface area (Å²) in [5, 5.41) is 1.48. The molecule has 0 unspecified atom stereocenters. The third-order valence-corrected chi connectivity index (χ3v) is 3.60. The van der Waals surface area contributed by atoms with Gasteiger partial charge in [0.15, 0.2) is 16.9 Å². The lowest BCUT2D eigenvalue weighted by molar-refractivity contribution is 0.414. The number of furan rings is 1. The predicted octanol–water partition coefficient (Wildman–Crippen LogP) is 4.21. The van der Waals surface area contributed by atoms with Crippen LogP contribution in [0.5, 0.6) is 5.75 Å². The lowest BCUT2D eigenvalue weighted by Gasteiger charge is -2.03. The summed E-state index contributed by atoms with van der Waals surface area (Å²) in [5.41, 5.74) is 1.12. The number of fused-ring (bicyclic) bond motifs is 2. The lowest BCUT2D eigenvalue weighted by atomic mass is 10.2. The van der Waals surface area contributed by atoms with Crippen molar-refractivity contribution in [2.45, 2.75) is 0 Å². The van der Waals surface area contributed by atoms with Crippen LogP contribution in [0.15, 0.2) is 68.2 Å². The Morgan fingerprint density at radius 3 is 2.45 bits per heavy atom. The quantitative estimate of drug-likeness (QED) is 0.555. The first-order chi connectivity index (χ1) is 10.7. The fourth-order valence-electron chi connectivity index (χ4n) is 2.49. The van der Waals surface area contributed by atoms with E-state index in [1.165, 1.54) is 6.07 Å². The van der Waals surface area contributed by atoms with E-state index in [0.717, 1.165) is 11.0 Å². The highest BCUT2D eigenvalue weighted by atomic mass is 16.5. The van der Waals surface area contributed by atoms with E-state index in [9.17, 15) is 4.79 Å². The highest BCUT2D eigenvalue weighted by Crippen LogP contribution is 2.29. The maximum atomic E-state index is 12.2. The minimum Gasteiger partial charge on any atom is -0.497 e. The van der Waals surface area contributed by atoms with Crippen LogP contribution in [0.25, 0.3) is 33.5 Å². The average molecular weight is 292 g/mol. The molecule has 0 atom stereocenters. The normalized spacial score (nSPS) is 11.1. The summed E-state index contributed by atoms with van der Waals surface area (Å²) in [6.07, 6.45) is 0. The van der Waals surface area contributed by atoms with Crippen molar-refractivity contribution in [1.29, 1.82) is 0 Å². The standard InChI is InChI=1S/C18H12O4/c1-20-12-6-7-13-14(19)10-18(22-16(13)9-12)17-8-11-4-2-3-5-15(11)21-17/h2-10H,1H3. The fraction of sp³-hybridized carbons (Fsp3) is 0.0556. The van der Waals surface area contributed by atoms with Crippen LogP contribution in [-0.4, -0.2) is 7.11 Å². The van der Waals surface area contributed by atoms with Gasteiger partial charge in [0.2, 0.25) is 0 Å². The molecule has 4 nitrogen and oxygen atoms in total. The van der Waals surface area contributed by atoms with Crippen LogP contribution in [0.2, 0.25) is 0 Å². The lowest BCUT2D eigenvalue weighted by Crippen LogP contribution is -2.00. The van der Waals surface area contributed by atoms with Gasteiger partial charge in [0.1, 0.15) is 16.9 Å². The zero-order valence-corrected chi connectivity index (χ0v) is 11.8. The summed E-state index contributed by atoms with van der Waals surface area (Å²) in [5.74, 6) is 1.57. The molecule has 0 aliphatic carbocycles. The van der Waals surface area contributed by atoms with Crippen molar-refractivity contribution in [2.75, 3.05) is 7.11 Å². The summed E-state index contributed by atoms with van der Waals surface area (Å²) in [4.78, 5) is 12.2. The van der Waals surface area contributed by atoms with Crippen LogP contribution in [0.4, 0.5) is 0 Å². The molecule has 0 fully saturated rings. The van der Waals surface area contributed by atoms with E-state index in [2.05, 4.69) is 0 Å². The number of para-hydroxylation sites is 1. The molecule has 4 heteroatoms. The summed E-state index contributed by atoms with van der Waals surface area (Å²) < 4.78 is 16.7. The molecule has 0 saturated heterocycles. The van der Waals surface area contributed by atoms with Crippen molar-refractivity contribution in [3.63, 3.8) is 0 Å². The van der Waals surface area contributed by atoms with Gasteiger partial charge in [-0.25, -0.2) is 0 Å². The minimum absolute atomic E-state index is 0.112. The van der Waals surface area contributed by atoms with Crippen LogP contribution in [0.3, 0.4) is 0 Å². The highest BCUT2D eigenvalue weighted by Gasteiger charge is 2.12. The first-order valence-electron chi connectivity index (χ1n) is 6.85. The molecule has 0 radical (unpaired) electrons. The molecule has 0 aliphatic rings. The molecule has 0 amide bonds. The molecule has 2 aromatic heterocycles. The van der Waals surface area contributed by atoms with Gasteiger partial charge in [-0.15, -0.1) is 0 Å². The Kier molecular flexibility index (Phi) is 2.76. The van der Waals surface area contributed by atoms with Gasteiger partial charge in [-0.3, -0.25) is 4.79 Å². The average Bonchev–Trinajstić information content (AvgIpc) is 2.98. The molecule has 0 spiro atoms. The Bertz CT molecular complexity index is 1010. The van der Waals surface area contributed by atoms with Crippen molar-refractivity contribution in [3.8, 4) is 17.3 Å². The number of ether oxygens (including phenoxy) is 1. The molecular formula is C18H12O4. The molecule has 108 valence electrons. The van der Waals surface area contributed by atoms with Crippen molar-refractivity contribution < 1.29 is 13.6 Å². The second-order valence-corrected chi connectivity index (χ2v) is 4.99. The topological polar surface area (TPSA) is 52.6 Å². The van der Waals surface area contributed by atoms with Crippen LogP contribution in [0, 0.1) is 0 Å².